The minimum Gasteiger partial charge on any atom is -0.287 e. The number of carbonyl (C=O) groups is 1. The van der Waals surface area contributed by atoms with Gasteiger partial charge in [-0.15, -0.1) is 0 Å². The summed E-state index contributed by atoms with van der Waals surface area (Å²) >= 11 is 1.31. The first-order valence-electron chi connectivity index (χ1n) is 6.98. The molecule has 0 aromatic heterocycles. The predicted molar refractivity (Wildman–Crippen MR) is 88.8 cm³/mol. The van der Waals surface area contributed by atoms with Gasteiger partial charge in [-0.05, 0) is 44.2 Å². The Balaban J connectivity index is 2.38. The molecule has 0 bridgehead atoms. The Morgan fingerprint density at radius 3 is 2.73 bits per heavy atom. The van der Waals surface area contributed by atoms with E-state index in [0.717, 1.165) is 0 Å². The molecule has 0 spiro atoms. The van der Waals surface area contributed by atoms with Gasteiger partial charge in [0.2, 0.25) is 0 Å². The van der Waals surface area contributed by atoms with Crippen molar-refractivity contribution in [2.75, 3.05) is 13.1 Å². The van der Waals surface area contributed by atoms with Crippen LogP contribution in [0.5, 0.6) is 0 Å². The summed E-state index contributed by atoms with van der Waals surface area (Å²) in [5.41, 5.74) is 1.29. The van der Waals surface area contributed by atoms with Gasteiger partial charge in [-0.25, -0.2) is 0 Å². The Labute approximate surface area is 133 Å². The lowest BCUT2D eigenvalue weighted by atomic mass is 10.1. The second kappa shape index (κ2) is 6.74. The molecule has 1 aliphatic rings. The Kier molecular flexibility index (Phi) is 4.97. The number of aliphatic imine (C=N–C) groups is 1. The number of nitrogens with zero attached hydrogens (tertiary/aromatic N) is 3. The number of thioether (sulfide) groups is 1. The van der Waals surface area contributed by atoms with E-state index in [1.165, 1.54) is 17.8 Å². The molecule has 0 N–H and O–H groups in total. The number of aryl methyl sites for hydroxylation is 1. The van der Waals surface area contributed by atoms with Crippen molar-refractivity contribution >= 4 is 34.6 Å². The number of nitro groups is 1. The van der Waals surface area contributed by atoms with Crippen molar-refractivity contribution < 1.29 is 9.72 Å². The normalized spacial score (nSPS) is 18.5. The summed E-state index contributed by atoms with van der Waals surface area (Å²) in [6, 6.07) is 4.95. The smallest absolute Gasteiger partial charge is 0.272 e. The van der Waals surface area contributed by atoms with Crippen molar-refractivity contribution in [2.24, 2.45) is 4.99 Å². The summed E-state index contributed by atoms with van der Waals surface area (Å²) < 4.78 is 0. The summed E-state index contributed by atoms with van der Waals surface area (Å²) in [4.78, 5) is 29.4. The van der Waals surface area contributed by atoms with Gasteiger partial charge in [0.15, 0.2) is 5.17 Å². The zero-order chi connectivity index (χ0) is 16.3. The maximum atomic E-state index is 12.3. The fourth-order valence-electron chi connectivity index (χ4n) is 2.10. The van der Waals surface area contributed by atoms with Crippen molar-refractivity contribution in [3.8, 4) is 0 Å². The van der Waals surface area contributed by atoms with Crippen molar-refractivity contribution in [1.82, 2.24) is 4.90 Å². The maximum Gasteiger partial charge on any atom is 0.272 e. The summed E-state index contributed by atoms with van der Waals surface area (Å²) in [7, 11) is 0. The maximum absolute atomic E-state index is 12.3. The number of amidine groups is 1. The molecule has 0 aliphatic carbocycles. The van der Waals surface area contributed by atoms with Crippen molar-refractivity contribution in [1.29, 1.82) is 0 Å². The van der Waals surface area contributed by atoms with Gasteiger partial charge in [0, 0.05) is 24.7 Å². The van der Waals surface area contributed by atoms with Crippen LogP contribution in [0.3, 0.4) is 0 Å². The highest BCUT2D eigenvalue weighted by Gasteiger charge is 2.31. The highest BCUT2D eigenvalue weighted by molar-refractivity contribution is 8.18. The topological polar surface area (TPSA) is 75.8 Å². The highest BCUT2D eigenvalue weighted by Crippen LogP contribution is 2.33. The van der Waals surface area contributed by atoms with Crippen LogP contribution in [0.4, 0.5) is 5.69 Å². The fraction of sp³-hybridized carbons (Fsp3) is 0.333. The molecule has 2 rings (SSSR count). The summed E-state index contributed by atoms with van der Waals surface area (Å²) in [5, 5.41) is 11.7. The van der Waals surface area contributed by atoms with Gasteiger partial charge < -0.3 is 0 Å². The van der Waals surface area contributed by atoms with Gasteiger partial charge in [-0.3, -0.25) is 24.8 Å². The average molecular weight is 319 g/mol. The zero-order valence-corrected chi connectivity index (χ0v) is 13.5. The summed E-state index contributed by atoms with van der Waals surface area (Å²) in [6.07, 6.45) is 1.68. The molecule has 1 saturated heterocycles. The van der Waals surface area contributed by atoms with Crippen molar-refractivity contribution in [2.45, 2.75) is 20.8 Å². The number of hydrogen-bond acceptors (Lipinski definition) is 5. The number of benzene rings is 1. The lowest BCUT2D eigenvalue weighted by molar-refractivity contribution is -0.385. The van der Waals surface area contributed by atoms with Crippen LogP contribution in [-0.4, -0.2) is 34.0 Å². The minimum absolute atomic E-state index is 0.0552. The van der Waals surface area contributed by atoms with E-state index in [-0.39, 0.29) is 11.6 Å². The first-order valence-corrected chi connectivity index (χ1v) is 7.80. The number of carbonyl (C=O) groups excluding carboxylic acids is 1. The van der Waals surface area contributed by atoms with E-state index in [0.29, 0.717) is 34.3 Å². The number of amides is 1. The van der Waals surface area contributed by atoms with E-state index >= 15 is 0 Å². The molecule has 1 aromatic rings. The third-order valence-electron chi connectivity index (χ3n) is 3.23. The van der Waals surface area contributed by atoms with Crippen LogP contribution in [-0.2, 0) is 4.79 Å². The predicted octanol–water partition coefficient (Wildman–Crippen LogP) is 3.22. The van der Waals surface area contributed by atoms with Gasteiger partial charge in [-0.2, -0.15) is 0 Å². The molecule has 22 heavy (non-hydrogen) atoms. The van der Waals surface area contributed by atoms with Crippen LogP contribution in [0.25, 0.3) is 6.08 Å². The Morgan fingerprint density at radius 2 is 2.14 bits per heavy atom. The van der Waals surface area contributed by atoms with E-state index in [1.807, 2.05) is 13.8 Å². The van der Waals surface area contributed by atoms with Crippen LogP contribution in [0.15, 0.2) is 28.1 Å². The molecule has 116 valence electrons. The molecule has 1 fully saturated rings. The van der Waals surface area contributed by atoms with Crippen LogP contribution in [0.1, 0.15) is 25.0 Å². The molecule has 0 unspecified atom stereocenters. The molecular weight excluding hydrogens is 302 g/mol. The Hall–Kier alpha value is -2.15. The molecule has 0 atom stereocenters. The van der Waals surface area contributed by atoms with Gasteiger partial charge in [0.25, 0.3) is 11.6 Å². The van der Waals surface area contributed by atoms with E-state index < -0.39 is 4.92 Å². The van der Waals surface area contributed by atoms with E-state index in [4.69, 9.17) is 0 Å². The second-order valence-electron chi connectivity index (χ2n) is 4.72. The van der Waals surface area contributed by atoms with Gasteiger partial charge in [0.05, 0.1) is 9.83 Å². The molecule has 6 nitrogen and oxygen atoms in total. The Bertz CT molecular complexity index is 683. The number of likely N-dealkylation sites (N-methyl/N-ethyl adjacent to an activating group) is 1. The van der Waals surface area contributed by atoms with Crippen LogP contribution in [0.2, 0.25) is 0 Å². The third kappa shape index (κ3) is 3.19. The molecule has 1 heterocycles. The van der Waals surface area contributed by atoms with Crippen LogP contribution < -0.4 is 0 Å². The van der Waals surface area contributed by atoms with E-state index in [9.17, 15) is 14.9 Å². The third-order valence-corrected chi connectivity index (χ3v) is 4.27. The zero-order valence-electron chi connectivity index (χ0n) is 12.7. The van der Waals surface area contributed by atoms with Gasteiger partial charge in [-0.1, -0.05) is 12.1 Å². The van der Waals surface area contributed by atoms with E-state index in [1.54, 1.807) is 30.0 Å². The van der Waals surface area contributed by atoms with Crippen molar-refractivity contribution in [3.05, 3.63) is 44.3 Å². The standard InChI is InChI=1S/C15H17N3O3S/c1-4-16-15-17(5-2)14(19)13(22-15)9-11-7-6-10(3)12(8-11)18(20)21/h6-9H,4-5H2,1-3H3/b13-9-,16-15?. The van der Waals surface area contributed by atoms with Gasteiger partial charge in [0.1, 0.15) is 0 Å². The minimum atomic E-state index is -0.413. The SMILES string of the molecule is CCN=C1S/C(=C\c2ccc(C)c([N+](=O)[O-])c2)C(=O)N1CC. The molecule has 1 amide bonds. The first kappa shape index (κ1) is 16.2. The molecule has 0 radical (unpaired) electrons. The molecule has 1 aromatic carbocycles. The fourth-order valence-corrected chi connectivity index (χ4v) is 3.21. The van der Waals surface area contributed by atoms with E-state index in [2.05, 4.69) is 4.99 Å². The first-order chi connectivity index (χ1) is 10.5. The number of hydrogen-bond donors (Lipinski definition) is 0. The van der Waals surface area contributed by atoms with Crippen molar-refractivity contribution in [3.63, 3.8) is 0 Å². The molecule has 7 heteroatoms. The Morgan fingerprint density at radius 1 is 1.41 bits per heavy atom. The number of rotatable bonds is 4. The average Bonchev–Trinajstić information content (AvgIpc) is 2.76. The molecular formula is C15H17N3O3S. The second-order valence-corrected chi connectivity index (χ2v) is 5.73. The lowest BCUT2D eigenvalue weighted by Gasteiger charge is -2.11. The largest absolute Gasteiger partial charge is 0.287 e. The summed E-state index contributed by atoms with van der Waals surface area (Å²) in [5.74, 6) is -0.108. The quantitative estimate of drug-likeness (QED) is 0.485. The lowest BCUT2D eigenvalue weighted by Crippen LogP contribution is -2.28. The molecule has 0 saturated carbocycles. The van der Waals surface area contributed by atoms with Gasteiger partial charge >= 0.3 is 0 Å². The molecule has 1 aliphatic heterocycles. The van der Waals surface area contributed by atoms with Crippen LogP contribution >= 0.6 is 11.8 Å². The monoisotopic (exact) mass is 319 g/mol. The number of nitro benzene ring substituents is 1. The summed E-state index contributed by atoms with van der Waals surface area (Å²) in [6.45, 7) is 6.65. The van der Waals surface area contributed by atoms with Crippen LogP contribution in [0, 0.1) is 17.0 Å². The highest BCUT2D eigenvalue weighted by atomic mass is 32.2.